The van der Waals surface area contributed by atoms with Gasteiger partial charge in [0.05, 0.1) is 5.69 Å². The highest BCUT2D eigenvalue weighted by Gasteiger charge is 2.16. The molecule has 1 heterocycles. The van der Waals surface area contributed by atoms with Gasteiger partial charge >= 0.3 is 0 Å². The third-order valence-corrected chi connectivity index (χ3v) is 6.72. The number of rotatable bonds is 5. The predicted octanol–water partition coefficient (Wildman–Crippen LogP) is 3.40. The monoisotopic (exact) mass is 402 g/mol. The third kappa shape index (κ3) is 6.41. The van der Waals surface area contributed by atoms with Crippen molar-refractivity contribution in [1.82, 2.24) is 4.90 Å². The molecule has 0 unspecified atom stereocenters. The van der Waals surface area contributed by atoms with Crippen LogP contribution in [0.4, 0.5) is 11.4 Å². The van der Waals surface area contributed by atoms with Crippen LogP contribution in [0.2, 0.25) is 0 Å². The average Bonchev–Trinajstić information content (AvgIpc) is 2.73. The van der Waals surface area contributed by atoms with E-state index in [0.717, 1.165) is 50.1 Å². The van der Waals surface area contributed by atoms with Crippen LogP contribution in [0.15, 0.2) is 34.3 Å². The molecule has 0 bridgehead atoms. The van der Waals surface area contributed by atoms with Gasteiger partial charge in [-0.1, -0.05) is 37.9 Å². The zero-order valence-electron chi connectivity index (χ0n) is 17.0. The van der Waals surface area contributed by atoms with E-state index in [4.69, 9.17) is 11.5 Å². The van der Waals surface area contributed by atoms with Crippen LogP contribution < -0.4 is 16.4 Å². The van der Waals surface area contributed by atoms with Gasteiger partial charge < -0.3 is 21.3 Å². The second-order valence-corrected chi connectivity index (χ2v) is 8.71. The summed E-state index contributed by atoms with van der Waals surface area (Å²) in [5, 5.41) is 0.511. The molecule has 1 aromatic rings. The fourth-order valence-electron chi connectivity index (χ4n) is 3.92. The Labute approximate surface area is 173 Å². The Bertz CT molecular complexity index is 658. The molecule has 0 atom stereocenters. The van der Waals surface area contributed by atoms with E-state index in [1.165, 1.54) is 37.8 Å². The lowest BCUT2D eigenvalue weighted by atomic mass is 9.91. The lowest BCUT2D eigenvalue weighted by Gasteiger charge is -2.35. The smallest absolute Gasteiger partial charge is 0.222 e. The van der Waals surface area contributed by atoms with Gasteiger partial charge in [-0.2, -0.15) is 4.99 Å². The molecule has 1 aliphatic heterocycles. The molecule has 4 N–H and O–H groups in total. The summed E-state index contributed by atoms with van der Waals surface area (Å²) < 4.78 is 0. The summed E-state index contributed by atoms with van der Waals surface area (Å²) in [7, 11) is 0. The Hall–Kier alpha value is -1.73. The first-order chi connectivity index (χ1) is 13.6. The van der Waals surface area contributed by atoms with Gasteiger partial charge in [0.25, 0.3) is 0 Å². The van der Waals surface area contributed by atoms with Gasteiger partial charge in [0.15, 0.2) is 5.17 Å². The van der Waals surface area contributed by atoms with Gasteiger partial charge in [-0.3, -0.25) is 0 Å². The Morgan fingerprint density at radius 2 is 1.71 bits per heavy atom. The lowest BCUT2D eigenvalue weighted by molar-refractivity contribution is 0.271. The number of nitrogens with two attached hydrogens (primary N) is 2. The second-order valence-electron chi connectivity index (χ2n) is 7.67. The normalized spacial score (nSPS) is 20.5. The molecule has 3 rings (SSSR count). The van der Waals surface area contributed by atoms with Crippen molar-refractivity contribution >= 4 is 34.3 Å². The Morgan fingerprint density at radius 1 is 1.04 bits per heavy atom. The maximum Gasteiger partial charge on any atom is 0.222 e. The molecule has 0 aromatic heterocycles. The first kappa shape index (κ1) is 21.0. The van der Waals surface area contributed by atoms with Crippen LogP contribution in [0.5, 0.6) is 0 Å². The number of likely N-dealkylation sites (N-methyl/N-ethyl adjacent to an activating group) is 1. The molecule has 1 saturated carbocycles. The van der Waals surface area contributed by atoms with E-state index in [1.807, 2.05) is 12.1 Å². The molecule has 28 heavy (non-hydrogen) atoms. The first-order valence-corrected chi connectivity index (χ1v) is 11.5. The quantitative estimate of drug-likeness (QED) is 0.582. The number of hydrogen-bond donors (Lipinski definition) is 2. The van der Waals surface area contributed by atoms with Gasteiger partial charge in [-0.15, -0.1) is 0 Å². The summed E-state index contributed by atoms with van der Waals surface area (Å²) in [6, 6.07) is 8.21. The SMILES string of the molecule is CCN1CCN(c2ccc(N=C(N)/N=C(\N)SCC3CCCCC3)cc2)CC1. The third-order valence-electron chi connectivity index (χ3n) is 5.69. The van der Waals surface area contributed by atoms with Gasteiger partial charge in [-0.25, -0.2) is 4.99 Å². The Balaban J connectivity index is 1.50. The first-order valence-electron chi connectivity index (χ1n) is 10.5. The molecule has 6 nitrogen and oxygen atoms in total. The highest BCUT2D eigenvalue weighted by molar-refractivity contribution is 8.13. The van der Waals surface area contributed by atoms with Crippen molar-refractivity contribution in [2.75, 3.05) is 43.4 Å². The Morgan fingerprint density at radius 3 is 2.36 bits per heavy atom. The van der Waals surface area contributed by atoms with Crippen LogP contribution in [0.25, 0.3) is 0 Å². The summed E-state index contributed by atoms with van der Waals surface area (Å²) in [6.45, 7) is 7.72. The molecule has 2 fully saturated rings. The van der Waals surface area contributed by atoms with E-state index >= 15 is 0 Å². The number of benzene rings is 1. The van der Waals surface area contributed by atoms with Crippen LogP contribution in [0.3, 0.4) is 0 Å². The molecule has 0 amide bonds. The Kier molecular flexibility index (Phi) is 8.03. The number of amidine groups is 1. The van der Waals surface area contributed by atoms with Crippen molar-refractivity contribution in [3.8, 4) is 0 Å². The van der Waals surface area contributed by atoms with Crippen LogP contribution in [-0.2, 0) is 0 Å². The van der Waals surface area contributed by atoms with E-state index in [2.05, 4.69) is 38.8 Å². The maximum absolute atomic E-state index is 6.03. The number of nitrogens with zero attached hydrogens (tertiary/aromatic N) is 4. The molecular weight excluding hydrogens is 368 g/mol. The fraction of sp³-hybridized carbons (Fsp3) is 0.619. The molecular formula is C21H34N6S. The zero-order valence-corrected chi connectivity index (χ0v) is 17.8. The van der Waals surface area contributed by atoms with Crippen molar-refractivity contribution < 1.29 is 0 Å². The maximum atomic E-state index is 6.03. The number of piperazine rings is 1. The summed E-state index contributed by atoms with van der Waals surface area (Å²) >= 11 is 1.60. The molecule has 2 aliphatic rings. The predicted molar refractivity (Wildman–Crippen MR) is 123 cm³/mol. The number of aliphatic imine (C=N–C) groups is 2. The average molecular weight is 403 g/mol. The molecule has 0 radical (unpaired) electrons. The number of anilines is 1. The van der Waals surface area contributed by atoms with Crippen molar-refractivity contribution in [1.29, 1.82) is 0 Å². The minimum atomic E-state index is 0.220. The van der Waals surface area contributed by atoms with Gasteiger partial charge in [0.1, 0.15) is 0 Å². The molecule has 1 saturated heterocycles. The highest BCUT2D eigenvalue weighted by atomic mass is 32.2. The molecule has 7 heteroatoms. The standard InChI is InChI=1S/C21H34N6S/c1-2-26-12-14-27(15-13-26)19-10-8-18(9-11-19)24-20(22)25-21(23)28-16-17-6-4-3-5-7-17/h8-11,17H,2-7,12-16H2,1H3,(H4,22,23,24,25). The van der Waals surface area contributed by atoms with Crippen molar-refractivity contribution in [2.45, 2.75) is 39.0 Å². The van der Waals surface area contributed by atoms with E-state index in [9.17, 15) is 0 Å². The number of thioether (sulfide) groups is 1. The van der Waals surface area contributed by atoms with Crippen LogP contribution in [0.1, 0.15) is 39.0 Å². The number of hydrogen-bond acceptors (Lipinski definition) is 4. The van der Waals surface area contributed by atoms with Crippen molar-refractivity contribution in [3.63, 3.8) is 0 Å². The second kappa shape index (κ2) is 10.7. The minimum absolute atomic E-state index is 0.220. The zero-order chi connectivity index (χ0) is 19.8. The largest absolute Gasteiger partial charge is 0.378 e. The van der Waals surface area contributed by atoms with E-state index in [1.54, 1.807) is 11.8 Å². The minimum Gasteiger partial charge on any atom is -0.378 e. The van der Waals surface area contributed by atoms with Gasteiger partial charge in [0.2, 0.25) is 5.96 Å². The summed E-state index contributed by atoms with van der Waals surface area (Å²) in [5.74, 6) is 2.01. The molecule has 1 aliphatic carbocycles. The summed E-state index contributed by atoms with van der Waals surface area (Å²) in [5.41, 5.74) is 14.1. The topological polar surface area (TPSA) is 83.2 Å². The van der Waals surface area contributed by atoms with Crippen molar-refractivity contribution in [3.05, 3.63) is 24.3 Å². The fourth-order valence-corrected chi connectivity index (χ4v) is 4.82. The van der Waals surface area contributed by atoms with Crippen LogP contribution in [0, 0.1) is 5.92 Å². The van der Waals surface area contributed by atoms with Gasteiger partial charge in [0, 0.05) is 37.6 Å². The summed E-state index contributed by atoms with van der Waals surface area (Å²) in [6.07, 6.45) is 6.68. The molecule has 0 spiro atoms. The lowest BCUT2D eigenvalue weighted by Crippen LogP contribution is -2.46. The summed E-state index contributed by atoms with van der Waals surface area (Å²) in [4.78, 5) is 13.5. The van der Waals surface area contributed by atoms with Crippen LogP contribution in [-0.4, -0.2) is 54.5 Å². The van der Waals surface area contributed by atoms with Gasteiger partial charge in [-0.05, 0) is 49.6 Å². The van der Waals surface area contributed by atoms with Crippen molar-refractivity contribution in [2.24, 2.45) is 27.4 Å². The van der Waals surface area contributed by atoms with E-state index < -0.39 is 0 Å². The van der Waals surface area contributed by atoms with E-state index in [0.29, 0.717) is 5.17 Å². The highest BCUT2D eigenvalue weighted by Crippen LogP contribution is 2.26. The van der Waals surface area contributed by atoms with E-state index in [-0.39, 0.29) is 5.96 Å². The molecule has 154 valence electrons. The van der Waals surface area contributed by atoms with Crippen LogP contribution >= 0.6 is 11.8 Å². The number of guanidine groups is 1. The molecule has 1 aromatic carbocycles.